The molecule has 0 aromatic carbocycles. The molecule has 11 heavy (non-hydrogen) atoms. The zero-order chi connectivity index (χ0) is 8.10. The van der Waals surface area contributed by atoms with Crippen LogP contribution in [0.2, 0.25) is 0 Å². The molecule has 0 fully saturated rings. The van der Waals surface area contributed by atoms with E-state index in [9.17, 15) is 0 Å². The van der Waals surface area contributed by atoms with E-state index < -0.39 is 0 Å². The van der Waals surface area contributed by atoms with Crippen LogP contribution in [0.15, 0.2) is 17.5 Å². The summed E-state index contributed by atoms with van der Waals surface area (Å²) in [4.78, 5) is 1.39. The van der Waals surface area contributed by atoms with Crippen LogP contribution in [-0.2, 0) is 0 Å². The van der Waals surface area contributed by atoms with Gasteiger partial charge in [0.25, 0.3) is 0 Å². The standard InChI is InChI=1S/C9H13S2/c1-3-8(10-2)7-9-5-4-6-11-9/h4-8H,3H2,1-2H3. The summed E-state index contributed by atoms with van der Waals surface area (Å²) in [5, 5.41) is 2.81. The highest BCUT2D eigenvalue weighted by atomic mass is 32.2. The lowest BCUT2D eigenvalue weighted by atomic mass is 10.2. The van der Waals surface area contributed by atoms with E-state index in [0.717, 1.165) is 0 Å². The summed E-state index contributed by atoms with van der Waals surface area (Å²) in [5.41, 5.74) is 0. The average molecular weight is 185 g/mol. The first-order valence-corrected chi connectivity index (χ1v) is 5.94. The van der Waals surface area contributed by atoms with Gasteiger partial charge in [0.2, 0.25) is 0 Å². The average Bonchev–Trinajstić information content (AvgIpc) is 2.52. The lowest BCUT2D eigenvalue weighted by Crippen LogP contribution is -1.99. The molecular formula is C9H13S2. The summed E-state index contributed by atoms with van der Waals surface area (Å²) >= 11 is 3.73. The maximum atomic E-state index is 2.34. The van der Waals surface area contributed by atoms with Gasteiger partial charge in [-0.3, -0.25) is 0 Å². The first kappa shape index (κ1) is 9.14. The SMILES string of the molecule is CCC([CH]c1cccs1)SC. The van der Waals surface area contributed by atoms with Gasteiger partial charge >= 0.3 is 0 Å². The molecule has 0 nitrogen and oxygen atoms in total. The van der Waals surface area contributed by atoms with Crippen LogP contribution in [0.4, 0.5) is 0 Å². The molecule has 0 aliphatic heterocycles. The van der Waals surface area contributed by atoms with E-state index in [2.05, 4.69) is 37.1 Å². The number of thiophene rings is 1. The van der Waals surface area contributed by atoms with Crippen molar-refractivity contribution in [2.45, 2.75) is 18.6 Å². The molecule has 0 aliphatic carbocycles. The number of rotatable bonds is 4. The van der Waals surface area contributed by atoms with E-state index in [4.69, 9.17) is 0 Å². The lowest BCUT2D eigenvalue weighted by Gasteiger charge is -2.08. The molecule has 0 amide bonds. The van der Waals surface area contributed by atoms with Gasteiger partial charge in [-0.05, 0) is 24.1 Å². The maximum Gasteiger partial charge on any atom is 0.0139 e. The maximum absolute atomic E-state index is 2.34. The molecule has 1 atom stereocenters. The van der Waals surface area contributed by atoms with Crippen LogP contribution >= 0.6 is 23.1 Å². The van der Waals surface area contributed by atoms with E-state index in [1.165, 1.54) is 11.3 Å². The van der Waals surface area contributed by atoms with Gasteiger partial charge in [0.1, 0.15) is 0 Å². The van der Waals surface area contributed by atoms with Crippen LogP contribution in [-0.4, -0.2) is 11.5 Å². The molecule has 61 valence electrons. The zero-order valence-electron chi connectivity index (χ0n) is 6.91. The number of thioether (sulfide) groups is 1. The molecule has 1 aromatic heterocycles. The van der Waals surface area contributed by atoms with Crippen molar-refractivity contribution >= 4 is 23.1 Å². The molecule has 0 spiro atoms. The summed E-state index contributed by atoms with van der Waals surface area (Å²) < 4.78 is 0. The van der Waals surface area contributed by atoms with Gasteiger partial charge in [-0.2, -0.15) is 11.8 Å². The first-order chi connectivity index (χ1) is 5.36. The third-order valence-corrected chi connectivity index (χ3v) is 3.51. The highest BCUT2D eigenvalue weighted by Crippen LogP contribution is 2.21. The van der Waals surface area contributed by atoms with Gasteiger partial charge in [-0.1, -0.05) is 13.0 Å². The first-order valence-electron chi connectivity index (χ1n) is 3.78. The fourth-order valence-electron chi connectivity index (χ4n) is 0.922. The Balaban J connectivity index is 2.41. The molecule has 1 radical (unpaired) electrons. The van der Waals surface area contributed by atoms with Crippen LogP contribution in [0.3, 0.4) is 0 Å². The normalized spacial score (nSPS) is 13.3. The third-order valence-electron chi connectivity index (χ3n) is 1.60. The van der Waals surface area contributed by atoms with Crippen molar-refractivity contribution < 1.29 is 0 Å². The minimum absolute atomic E-state index is 0.689. The minimum atomic E-state index is 0.689. The Bertz CT molecular complexity index is 175. The Morgan fingerprint density at radius 2 is 2.55 bits per heavy atom. The molecule has 2 heteroatoms. The third kappa shape index (κ3) is 2.88. The Hall–Kier alpha value is 0.0500. The summed E-state index contributed by atoms with van der Waals surface area (Å²) in [5.74, 6) is 0. The van der Waals surface area contributed by atoms with Gasteiger partial charge in [-0.25, -0.2) is 0 Å². The molecule has 0 bridgehead atoms. The quantitative estimate of drug-likeness (QED) is 0.692. The molecule has 1 aromatic rings. The monoisotopic (exact) mass is 185 g/mol. The molecule has 1 unspecified atom stereocenters. The van der Waals surface area contributed by atoms with E-state index in [-0.39, 0.29) is 0 Å². The number of hydrogen-bond donors (Lipinski definition) is 0. The Morgan fingerprint density at radius 1 is 1.73 bits per heavy atom. The predicted octanol–water partition coefficient (Wildman–Crippen LogP) is 3.44. The van der Waals surface area contributed by atoms with Crippen molar-refractivity contribution in [3.8, 4) is 0 Å². The van der Waals surface area contributed by atoms with Crippen molar-refractivity contribution in [2.75, 3.05) is 6.26 Å². The second-order valence-electron chi connectivity index (χ2n) is 2.36. The molecule has 0 saturated carbocycles. The Morgan fingerprint density at radius 3 is 3.00 bits per heavy atom. The van der Waals surface area contributed by atoms with E-state index in [1.807, 2.05) is 23.1 Å². The predicted molar refractivity (Wildman–Crippen MR) is 55.3 cm³/mol. The summed E-state index contributed by atoms with van der Waals surface area (Å²) in [6, 6.07) is 4.27. The van der Waals surface area contributed by atoms with E-state index in [0.29, 0.717) is 5.25 Å². The Kier molecular flexibility index (Phi) is 4.02. The fraction of sp³-hybridized carbons (Fsp3) is 0.444. The van der Waals surface area contributed by atoms with Gasteiger partial charge in [0.05, 0.1) is 0 Å². The molecule has 0 aliphatic rings. The topological polar surface area (TPSA) is 0 Å². The largest absolute Gasteiger partial charge is 0.161 e. The highest BCUT2D eigenvalue weighted by molar-refractivity contribution is 7.99. The van der Waals surface area contributed by atoms with Crippen LogP contribution in [0, 0.1) is 6.42 Å². The van der Waals surface area contributed by atoms with Crippen molar-refractivity contribution in [1.29, 1.82) is 0 Å². The second-order valence-corrected chi connectivity index (χ2v) is 4.42. The fourth-order valence-corrected chi connectivity index (χ4v) is 2.34. The second kappa shape index (κ2) is 4.83. The van der Waals surface area contributed by atoms with Gasteiger partial charge in [-0.15, -0.1) is 11.3 Å². The summed E-state index contributed by atoms with van der Waals surface area (Å²) in [7, 11) is 0. The Labute approximate surface area is 77.0 Å². The van der Waals surface area contributed by atoms with Crippen LogP contribution in [0.25, 0.3) is 0 Å². The van der Waals surface area contributed by atoms with Crippen molar-refractivity contribution in [2.24, 2.45) is 0 Å². The van der Waals surface area contributed by atoms with Crippen LogP contribution in [0.1, 0.15) is 18.2 Å². The van der Waals surface area contributed by atoms with Gasteiger partial charge in [0, 0.05) is 16.5 Å². The molecule has 1 rings (SSSR count). The van der Waals surface area contributed by atoms with Crippen molar-refractivity contribution in [3.63, 3.8) is 0 Å². The molecular weight excluding hydrogens is 172 g/mol. The molecule has 0 saturated heterocycles. The molecule has 0 N–H and O–H groups in total. The van der Waals surface area contributed by atoms with Crippen LogP contribution < -0.4 is 0 Å². The lowest BCUT2D eigenvalue weighted by molar-refractivity contribution is 0.941. The van der Waals surface area contributed by atoms with Gasteiger partial charge < -0.3 is 0 Å². The van der Waals surface area contributed by atoms with Gasteiger partial charge in [0.15, 0.2) is 0 Å². The summed E-state index contributed by atoms with van der Waals surface area (Å²) in [6.07, 6.45) is 5.73. The highest BCUT2D eigenvalue weighted by Gasteiger charge is 2.05. The van der Waals surface area contributed by atoms with E-state index in [1.54, 1.807) is 0 Å². The molecule has 1 heterocycles. The smallest absolute Gasteiger partial charge is 0.0139 e. The minimum Gasteiger partial charge on any atom is -0.161 e. The number of hydrogen-bond acceptors (Lipinski definition) is 2. The van der Waals surface area contributed by atoms with Crippen molar-refractivity contribution in [3.05, 3.63) is 28.8 Å². The van der Waals surface area contributed by atoms with Crippen molar-refractivity contribution in [1.82, 2.24) is 0 Å². The van der Waals surface area contributed by atoms with E-state index >= 15 is 0 Å². The van der Waals surface area contributed by atoms with Crippen LogP contribution in [0.5, 0.6) is 0 Å². The zero-order valence-corrected chi connectivity index (χ0v) is 8.54. The summed E-state index contributed by atoms with van der Waals surface area (Å²) in [6.45, 7) is 2.23.